The Kier molecular flexibility index (Phi) is 6.63. The lowest BCUT2D eigenvalue weighted by atomic mass is 9.94. The Hall–Kier alpha value is -2.19. The van der Waals surface area contributed by atoms with E-state index in [1.54, 1.807) is 0 Å². The number of benzene rings is 1. The van der Waals surface area contributed by atoms with Crippen LogP contribution in [0.25, 0.3) is 0 Å². The number of hydrogen-bond donors (Lipinski definition) is 2. The number of esters is 1. The Morgan fingerprint density at radius 1 is 1.30 bits per heavy atom. The average molecular weight is 391 g/mol. The lowest BCUT2D eigenvalue weighted by Gasteiger charge is -2.33. The van der Waals surface area contributed by atoms with Crippen LogP contribution in [0.15, 0.2) is 35.5 Å². The number of carbonyl (C=O) groups excluding carboxylic acids is 2. The molecular weight excluding hydrogens is 366 g/mol. The van der Waals surface area contributed by atoms with Gasteiger partial charge in [0.05, 0.1) is 25.3 Å². The Morgan fingerprint density at radius 3 is 2.74 bits per heavy atom. The van der Waals surface area contributed by atoms with E-state index in [9.17, 15) is 9.59 Å². The molecule has 0 aliphatic carbocycles. The zero-order chi connectivity index (χ0) is 19.2. The van der Waals surface area contributed by atoms with Crippen molar-refractivity contribution < 1.29 is 19.1 Å². The largest absolute Gasteiger partial charge is 0.494 e. The number of hydrogen-bond acceptors (Lipinski definition) is 6. The zero-order valence-electron chi connectivity index (χ0n) is 15.6. The van der Waals surface area contributed by atoms with Crippen molar-refractivity contribution in [1.82, 2.24) is 15.5 Å². The van der Waals surface area contributed by atoms with Crippen LogP contribution >= 0.6 is 11.8 Å². The van der Waals surface area contributed by atoms with Crippen molar-refractivity contribution in [2.24, 2.45) is 0 Å². The summed E-state index contributed by atoms with van der Waals surface area (Å²) in [5.41, 5.74) is 1.75. The number of methoxy groups -OCH3 is 1. The van der Waals surface area contributed by atoms with E-state index in [4.69, 9.17) is 9.47 Å². The van der Waals surface area contributed by atoms with Gasteiger partial charge in [-0.2, -0.15) is 11.8 Å². The van der Waals surface area contributed by atoms with Crippen LogP contribution in [-0.2, 0) is 9.53 Å². The van der Waals surface area contributed by atoms with Gasteiger partial charge in [-0.15, -0.1) is 0 Å². The number of rotatable bonds is 6. The van der Waals surface area contributed by atoms with Gasteiger partial charge in [-0.3, -0.25) is 4.90 Å². The molecule has 2 N–H and O–H groups in total. The number of urea groups is 1. The molecule has 2 aliphatic heterocycles. The topological polar surface area (TPSA) is 79.9 Å². The first-order valence-electron chi connectivity index (χ1n) is 9.04. The maximum absolute atomic E-state index is 12.6. The highest BCUT2D eigenvalue weighted by Crippen LogP contribution is 2.33. The van der Waals surface area contributed by atoms with Crippen molar-refractivity contribution in [3.63, 3.8) is 0 Å². The fourth-order valence-corrected chi connectivity index (χ4v) is 4.29. The van der Waals surface area contributed by atoms with Crippen LogP contribution in [-0.4, -0.2) is 61.8 Å². The highest BCUT2D eigenvalue weighted by Gasteiger charge is 2.35. The van der Waals surface area contributed by atoms with Gasteiger partial charge in [0.25, 0.3) is 0 Å². The third kappa shape index (κ3) is 4.56. The maximum Gasteiger partial charge on any atom is 0.338 e. The molecule has 0 bridgehead atoms. The quantitative estimate of drug-likeness (QED) is 0.722. The van der Waals surface area contributed by atoms with Crippen LogP contribution in [0.3, 0.4) is 0 Å². The Morgan fingerprint density at radius 2 is 2.04 bits per heavy atom. The average Bonchev–Trinajstić information content (AvgIpc) is 2.68. The summed E-state index contributed by atoms with van der Waals surface area (Å²) >= 11 is 1.91. The molecule has 1 aromatic carbocycles. The number of nitrogens with one attached hydrogen (secondary N) is 2. The molecule has 2 aliphatic rings. The minimum absolute atomic E-state index is 0.333. The Bertz CT molecular complexity index is 731. The summed E-state index contributed by atoms with van der Waals surface area (Å²) in [5, 5.41) is 5.67. The number of ether oxygens (including phenoxy) is 2. The molecule has 0 spiro atoms. The van der Waals surface area contributed by atoms with Crippen LogP contribution in [0.4, 0.5) is 4.79 Å². The highest BCUT2D eigenvalue weighted by atomic mass is 32.2. The summed E-state index contributed by atoms with van der Waals surface area (Å²) in [4.78, 5) is 27.2. The highest BCUT2D eigenvalue weighted by molar-refractivity contribution is 7.99. The first-order chi connectivity index (χ1) is 13.1. The van der Waals surface area contributed by atoms with E-state index < -0.39 is 12.0 Å². The number of nitrogens with zero attached hydrogens (tertiary/aromatic N) is 1. The van der Waals surface area contributed by atoms with Crippen LogP contribution < -0.4 is 15.4 Å². The van der Waals surface area contributed by atoms with Crippen LogP contribution in [0.1, 0.15) is 18.5 Å². The molecule has 1 fully saturated rings. The van der Waals surface area contributed by atoms with Crippen molar-refractivity contribution in [2.75, 3.05) is 44.9 Å². The normalized spacial score (nSPS) is 20.7. The molecule has 0 saturated carbocycles. The molecule has 0 aromatic heterocycles. The molecule has 7 nitrogen and oxygen atoms in total. The maximum atomic E-state index is 12.6. The van der Waals surface area contributed by atoms with Crippen molar-refractivity contribution in [3.8, 4) is 5.75 Å². The second-order valence-electron chi connectivity index (χ2n) is 6.27. The van der Waals surface area contributed by atoms with Gasteiger partial charge < -0.3 is 20.1 Å². The van der Waals surface area contributed by atoms with E-state index in [-0.39, 0.29) is 6.03 Å². The summed E-state index contributed by atoms with van der Waals surface area (Å²) in [6.45, 7) is 4.74. The molecule has 0 unspecified atom stereocenters. The fraction of sp³-hybridized carbons (Fsp3) is 0.474. The van der Waals surface area contributed by atoms with Crippen molar-refractivity contribution >= 4 is 23.8 Å². The number of carbonyl (C=O) groups is 2. The van der Waals surface area contributed by atoms with E-state index in [1.165, 1.54) is 7.11 Å². The van der Waals surface area contributed by atoms with Crippen LogP contribution in [0.5, 0.6) is 5.75 Å². The molecule has 0 radical (unpaired) electrons. The summed E-state index contributed by atoms with van der Waals surface area (Å²) in [7, 11) is 1.35. The minimum atomic E-state index is -0.622. The lowest BCUT2D eigenvalue weighted by Crippen LogP contribution is -2.49. The third-order valence-electron chi connectivity index (χ3n) is 4.57. The second-order valence-corrected chi connectivity index (χ2v) is 7.50. The first kappa shape index (κ1) is 19.6. The predicted molar refractivity (Wildman–Crippen MR) is 105 cm³/mol. The van der Waals surface area contributed by atoms with Gasteiger partial charge in [0.2, 0.25) is 0 Å². The van der Waals surface area contributed by atoms with Gasteiger partial charge in [-0.1, -0.05) is 18.2 Å². The zero-order valence-corrected chi connectivity index (χ0v) is 16.4. The minimum Gasteiger partial charge on any atom is -0.494 e. The molecular formula is C19H25N3O4S. The van der Waals surface area contributed by atoms with E-state index in [2.05, 4.69) is 15.5 Å². The molecule has 1 saturated heterocycles. The van der Waals surface area contributed by atoms with Crippen LogP contribution in [0, 0.1) is 0 Å². The molecule has 1 atom stereocenters. The first-order valence-corrected chi connectivity index (χ1v) is 10.2. The molecule has 2 amide bonds. The molecule has 3 rings (SSSR count). The van der Waals surface area contributed by atoms with Gasteiger partial charge in [0.15, 0.2) is 0 Å². The standard InChI is InChI=1S/C19H25N3O4S/c1-3-26-15-7-5-4-6-13(15)17-16(18(23)25-2)14(20-19(24)21-17)12-22-8-10-27-11-9-22/h4-7,17H,3,8-12H2,1-2H3,(H2,20,21,24)/t17-/m0/s1. The lowest BCUT2D eigenvalue weighted by molar-refractivity contribution is -0.136. The number of amides is 2. The van der Waals surface area contributed by atoms with E-state index in [0.29, 0.717) is 30.2 Å². The number of thioether (sulfide) groups is 1. The molecule has 1 aromatic rings. The molecule has 146 valence electrons. The Balaban J connectivity index is 2.01. The van der Waals surface area contributed by atoms with Gasteiger partial charge in [0.1, 0.15) is 5.75 Å². The van der Waals surface area contributed by atoms with Crippen LogP contribution in [0.2, 0.25) is 0 Å². The van der Waals surface area contributed by atoms with Crippen molar-refractivity contribution in [2.45, 2.75) is 13.0 Å². The van der Waals surface area contributed by atoms with E-state index in [0.717, 1.165) is 30.2 Å². The number of para-hydroxylation sites is 1. The van der Waals surface area contributed by atoms with Gasteiger partial charge in [-0.05, 0) is 13.0 Å². The molecule has 27 heavy (non-hydrogen) atoms. The summed E-state index contributed by atoms with van der Waals surface area (Å²) in [5.74, 6) is 2.27. The SMILES string of the molecule is CCOc1ccccc1[C@@H]1NC(=O)NC(CN2CCSCC2)=C1C(=O)OC. The Labute approximate surface area is 163 Å². The summed E-state index contributed by atoms with van der Waals surface area (Å²) in [6, 6.07) is 6.47. The molecule has 2 heterocycles. The van der Waals surface area contributed by atoms with Gasteiger partial charge in [-0.25, -0.2) is 9.59 Å². The van der Waals surface area contributed by atoms with Gasteiger partial charge >= 0.3 is 12.0 Å². The second kappa shape index (κ2) is 9.14. The third-order valence-corrected chi connectivity index (χ3v) is 5.52. The smallest absolute Gasteiger partial charge is 0.338 e. The van der Waals surface area contributed by atoms with Crippen molar-refractivity contribution in [1.29, 1.82) is 0 Å². The fourth-order valence-electron chi connectivity index (χ4n) is 3.32. The van der Waals surface area contributed by atoms with Gasteiger partial charge in [0, 0.05) is 42.4 Å². The summed E-state index contributed by atoms with van der Waals surface area (Å²) < 4.78 is 10.8. The predicted octanol–water partition coefficient (Wildman–Crippen LogP) is 1.92. The summed E-state index contributed by atoms with van der Waals surface area (Å²) in [6.07, 6.45) is 0. The van der Waals surface area contributed by atoms with E-state index in [1.807, 2.05) is 43.0 Å². The molecule has 8 heteroatoms. The van der Waals surface area contributed by atoms with Crippen molar-refractivity contribution in [3.05, 3.63) is 41.1 Å². The monoisotopic (exact) mass is 391 g/mol. The van der Waals surface area contributed by atoms with E-state index >= 15 is 0 Å².